The minimum Gasteiger partial charge on any atom is -0.480 e. The quantitative estimate of drug-likeness (QED) is 0.816. The van der Waals surface area contributed by atoms with E-state index in [1.807, 2.05) is 11.5 Å². The molecule has 1 unspecified atom stereocenters. The molecule has 0 aliphatic carbocycles. The van der Waals surface area contributed by atoms with Crippen molar-refractivity contribution >= 4 is 12.0 Å². The number of unbranched alkanes of at least 4 members (excludes halogenated alkanes) is 1. The molecule has 2 heterocycles. The molecule has 2 rings (SSSR count). The summed E-state index contributed by atoms with van der Waals surface area (Å²) in [6.07, 6.45) is 3.74. The van der Waals surface area contributed by atoms with Crippen molar-refractivity contribution in [1.82, 2.24) is 25.0 Å². The molecule has 0 saturated carbocycles. The van der Waals surface area contributed by atoms with Crippen molar-refractivity contribution in [2.45, 2.75) is 45.3 Å². The fourth-order valence-corrected chi connectivity index (χ4v) is 2.15. The molecule has 20 heavy (non-hydrogen) atoms. The number of aliphatic carboxylic acids is 1. The van der Waals surface area contributed by atoms with Crippen molar-refractivity contribution in [2.24, 2.45) is 0 Å². The van der Waals surface area contributed by atoms with Gasteiger partial charge >= 0.3 is 12.0 Å². The third-order valence-corrected chi connectivity index (χ3v) is 3.37. The molecular formula is C12H19N5O3. The van der Waals surface area contributed by atoms with E-state index in [9.17, 15) is 9.59 Å². The van der Waals surface area contributed by atoms with Crippen LogP contribution in [0.5, 0.6) is 0 Å². The number of fused-ring (bicyclic) bond motifs is 1. The van der Waals surface area contributed by atoms with Crippen LogP contribution in [0.4, 0.5) is 4.79 Å². The van der Waals surface area contributed by atoms with E-state index in [4.69, 9.17) is 5.11 Å². The van der Waals surface area contributed by atoms with Gasteiger partial charge in [0.15, 0.2) is 5.82 Å². The van der Waals surface area contributed by atoms with E-state index < -0.39 is 12.0 Å². The van der Waals surface area contributed by atoms with Gasteiger partial charge < -0.3 is 19.9 Å². The van der Waals surface area contributed by atoms with Crippen LogP contribution < -0.4 is 5.32 Å². The normalized spacial score (nSPS) is 15.6. The van der Waals surface area contributed by atoms with Crippen LogP contribution in [0.25, 0.3) is 0 Å². The van der Waals surface area contributed by atoms with Crippen LogP contribution >= 0.6 is 0 Å². The number of amides is 2. The third-order valence-electron chi connectivity index (χ3n) is 3.37. The zero-order valence-corrected chi connectivity index (χ0v) is 11.4. The van der Waals surface area contributed by atoms with E-state index in [0.717, 1.165) is 12.8 Å². The van der Waals surface area contributed by atoms with Gasteiger partial charge in [-0.05, 0) is 6.42 Å². The fourth-order valence-electron chi connectivity index (χ4n) is 2.15. The zero-order chi connectivity index (χ0) is 14.5. The highest BCUT2D eigenvalue weighted by Gasteiger charge is 2.26. The summed E-state index contributed by atoms with van der Waals surface area (Å²) in [7, 11) is 0. The highest BCUT2D eigenvalue weighted by atomic mass is 16.4. The van der Waals surface area contributed by atoms with E-state index in [-0.39, 0.29) is 6.03 Å². The standard InChI is InChI=1S/C12H19N5O3/c1-2-3-4-9(11(18)19)14-12(20)16-5-6-17-8-13-15-10(17)7-16/h8-9H,2-7H2,1H3,(H,14,20)(H,18,19). The van der Waals surface area contributed by atoms with Gasteiger partial charge in [0.25, 0.3) is 0 Å². The molecule has 1 atom stereocenters. The maximum absolute atomic E-state index is 12.1. The van der Waals surface area contributed by atoms with Crippen molar-refractivity contribution in [1.29, 1.82) is 0 Å². The molecule has 0 aromatic carbocycles. The van der Waals surface area contributed by atoms with Crippen LogP contribution in [0.15, 0.2) is 6.33 Å². The molecule has 1 aliphatic heterocycles. The minimum atomic E-state index is -0.994. The third kappa shape index (κ3) is 3.25. The minimum absolute atomic E-state index is 0.353. The summed E-state index contributed by atoms with van der Waals surface area (Å²) < 4.78 is 1.88. The van der Waals surface area contributed by atoms with Gasteiger partial charge in [0.05, 0.1) is 6.54 Å². The van der Waals surface area contributed by atoms with Crippen molar-refractivity contribution in [3.63, 3.8) is 0 Å². The summed E-state index contributed by atoms with van der Waals surface area (Å²) in [6, 6.07) is -1.19. The van der Waals surface area contributed by atoms with Crippen LogP contribution in [-0.2, 0) is 17.9 Å². The van der Waals surface area contributed by atoms with Gasteiger partial charge in [-0.3, -0.25) is 0 Å². The molecule has 1 aliphatic rings. The summed E-state index contributed by atoms with van der Waals surface area (Å²) in [5.41, 5.74) is 0. The first-order chi connectivity index (χ1) is 9.61. The number of urea groups is 1. The molecule has 0 saturated heterocycles. The number of carboxylic acid groups (broad SMARTS) is 1. The Balaban J connectivity index is 1.92. The first kappa shape index (κ1) is 14.3. The highest BCUT2D eigenvalue weighted by Crippen LogP contribution is 2.10. The molecular weight excluding hydrogens is 262 g/mol. The van der Waals surface area contributed by atoms with Crippen molar-refractivity contribution in [2.75, 3.05) is 6.54 Å². The van der Waals surface area contributed by atoms with Gasteiger partial charge in [-0.15, -0.1) is 10.2 Å². The number of aromatic nitrogens is 3. The number of carbonyl (C=O) groups is 2. The van der Waals surface area contributed by atoms with Crippen molar-refractivity contribution in [3.8, 4) is 0 Å². The predicted octanol–water partition coefficient (Wildman–Crippen LogP) is 0.447. The average Bonchev–Trinajstić information content (AvgIpc) is 2.90. The molecule has 2 amide bonds. The lowest BCUT2D eigenvalue weighted by Gasteiger charge is -2.28. The topological polar surface area (TPSA) is 100 Å². The maximum atomic E-state index is 12.1. The Morgan fingerprint density at radius 1 is 1.50 bits per heavy atom. The van der Waals surface area contributed by atoms with E-state index >= 15 is 0 Å². The highest BCUT2D eigenvalue weighted by molar-refractivity contribution is 5.82. The largest absolute Gasteiger partial charge is 0.480 e. The van der Waals surface area contributed by atoms with Gasteiger partial charge in [-0.25, -0.2) is 9.59 Å². The smallest absolute Gasteiger partial charge is 0.326 e. The van der Waals surface area contributed by atoms with E-state index in [1.165, 1.54) is 0 Å². The summed E-state index contributed by atoms with van der Waals surface area (Å²) >= 11 is 0. The Morgan fingerprint density at radius 3 is 3.00 bits per heavy atom. The summed E-state index contributed by atoms with van der Waals surface area (Å²) in [4.78, 5) is 24.8. The SMILES string of the molecule is CCCCC(NC(=O)N1CCn2cnnc2C1)C(=O)O. The number of carboxylic acids is 1. The van der Waals surface area contributed by atoms with E-state index in [2.05, 4.69) is 15.5 Å². The molecule has 0 spiro atoms. The lowest BCUT2D eigenvalue weighted by molar-refractivity contribution is -0.139. The molecule has 1 aromatic rings. The van der Waals surface area contributed by atoms with Gasteiger partial charge in [-0.2, -0.15) is 0 Å². The second-order valence-electron chi connectivity index (χ2n) is 4.84. The Kier molecular flexibility index (Phi) is 4.54. The second-order valence-corrected chi connectivity index (χ2v) is 4.84. The molecule has 8 nitrogen and oxygen atoms in total. The van der Waals surface area contributed by atoms with Crippen LogP contribution in [0.1, 0.15) is 32.0 Å². The lowest BCUT2D eigenvalue weighted by atomic mass is 10.1. The molecule has 1 aromatic heterocycles. The van der Waals surface area contributed by atoms with Gasteiger partial charge in [-0.1, -0.05) is 19.8 Å². The number of rotatable bonds is 5. The van der Waals surface area contributed by atoms with Gasteiger partial charge in [0.1, 0.15) is 12.4 Å². The molecule has 0 fully saturated rings. The van der Waals surface area contributed by atoms with Gasteiger partial charge in [0, 0.05) is 13.1 Å². The molecule has 110 valence electrons. The summed E-state index contributed by atoms with van der Waals surface area (Å²) in [5.74, 6) is -0.279. The second kappa shape index (κ2) is 6.36. The van der Waals surface area contributed by atoms with Crippen LogP contribution in [-0.4, -0.2) is 49.4 Å². The number of nitrogens with one attached hydrogen (secondary N) is 1. The van der Waals surface area contributed by atoms with Crippen LogP contribution in [0.2, 0.25) is 0 Å². The zero-order valence-electron chi connectivity index (χ0n) is 11.4. The lowest BCUT2D eigenvalue weighted by Crippen LogP contribution is -2.49. The van der Waals surface area contributed by atoms with Gasteiger partial charge in [0.2, 0.25) is 0 Å². The van der Waals surface area contributed by atoms with E-state index in [1.54, 1.807) is 11.2 Å². The Labute approximate surface area is 116 Å². The summed E-state index contributed by atoms with van der Waals surface area (Å²) in [6.45, 7) is 3.49. The number of nitrogens with zero attached hydrogens (tertiary/aromatic N) is 4. The Bertz CT molecular complexity index is 487. The fraction of sp³-hybridized carbons (Fsp3) is 0.667. The first-order valence-corrected chi connectivity index (χ1v) is 6.76. The van der Waals surface area contributed by atoms with Crippen molar-refractivity contribution in [3.05, 3.63) is 12.2 Å². The molecule has 2 N–H and O–H groups in total. The van der Waals surface area contributed by atoms with Crippen LogP contribution in [0, 0.1) is 0 Å². The van der Waals surface area contributed by atoms with Crippen LogP contribution in [0.3, 0.4) is 0 Å². The number of hydrogen-bond acceptors (Lipinski definition) is 4. The predicted molar refractivity (Wildman–Crippen MR) is 69.9 cm³/mol. The number of carbonyl (C=O) groups excluding carboxylic acids is 1. The Morgan fingerprint density at radius 2 is 2.30 bits per heavy atom. The maximum Gasteiger partial charge on any atom is 0.326 e. The monoisotopic (exact) mass is 281 g/mol. The van der Waals surface area contributed by atoms with E-state index in [0.29, 0.717) is 31.9 Å². The Hall–Kier alpha value is -2.12. The molecule has 0 bridgehead atoms. The molecule has 8 heteroatoms. The molecule has 0 radical (unpaired) electrons. The van der Waals surface area contributed by atoms with Crippen molar-refractivity contribution < 1.29 is 14.7 Å². The number of hydrogen-bond donors (Lipinski definition) is 2. The summed E-state index contributed by atoms with van der Waals surface area (Å²) in [5, 5.41) is 19.4. The first-order valence-electron chi connectivity index (χ1n) is 6.76. The average molecular weight is 281 g/mol.